The molecule has 1 aromatic rings. The molecule has 0 aliphatic heterocycles. The molecule has 0 saturated carbocycles. The lowest BCUT2D eigenvalue weighted by atomic mass is 9.86. The second-order valence-electron chi connectivity index (χ2n) is 3.50. The minimum Gasteiger partial charge on any atom is -0.326 e. The first-order valence-electron chi connectivity index (χ1n) is 4.35. The van der Waals surface area contributed by atoms with E-state index in [-0.39, 0.29) is 12.1 Å². The second kappa shape index (κ2) is 2.88. The molecule has 0 aromatic heterocycles. The van der Waals surface area contributed by atoms with Gasteiger partial charge in [0.05, 0.1) is 0 Å². The van der Waals surface area contributed by atoms with Crippen molar-refractivity contribution in [3.8, 4) is 0 Å². The molecule has 0 saturated heterocycles. The Balaban J connectivity index is 2.34. The molecule has 0 bridgehead atoms. The Hall–Kier alpha value is -0.860. The third kappa shape index (κ3) is 1.24. The van der Waals surface area contributed by atoms with Crippen molar-refractivity contribution >= 4 is 0 Å². The van der Waals surface area contributed by atoms with Crippen molar-refractivity contribution < 1.29 is 0 Å². The van der Waals surface area contributed by atoms with Gasteiger partial charge in [0.25, 0.3) is 0 Å². The molecule has 0 radical (unpaired) electrons. The molecule has 4 N–H and O–H groups in total. The van der Waals surface area contributed by atoms with Gasteiger partial charge in [-0.05, 0) is 24.0 Å². The van der Waals surface area contributed by atoms with Gasteiger partial charge in [0.1, 0.15) is 0 Å². The van der Waals surface area contributed by atoms with E-state index in [1.54, 1.807) is 0 Å². The van der Waals surface area contributed by atoms with Gasteiger partial charge in [0.2, 0.25) is 0 Å². The Morgan fingerprint density at radius 3 is 1.75 bits per heavy atom. The lowest BCUT2D eigenvalue weighted by molar-refractivity contribution is 0.492. The molecule has 1 aliphatic rings. The summed E-state index contributed by atoms with van der Waals surface area (Å²) in [4.78, 5) is 0. The minimum atomic E-state index is 0.139. The monoisotopic (exact) mass is 162 g/mol. The highest BCUT2D eigenvalue weighted by molar-refractivity contribution is 5.31. The van der Waals surface area contributed by atoms with E-state index in [4.69, 9.17) is 11.5 Å². The first-order valence-corrected chi connectivity index (χ1v) is 4.35. The van der Waals surface area contributed by atoms with E-state index >= 15 is 0 Å². The molecule has 0 fully saturated rings. The summed E-state index contributed by atoms with van der Waals surface area (Å²) in [6.07, 6.45) is 1.86. The van der Waals surface area contributed by atoms with Crippen LogP contribution in [0.5, 0.6) is 0 Å². The average Bonchev–Trinajstić information content (AvgIpc) is 2.07. The molecular weight excluding hydrogens is 148 g/mol. The summed E-state index contributed by atoms with van der Waals surface area (Å²) in [6, 6.07) is 8.67. The van der Waals surface area contributed by atoms with Crippen molar-refractivity contribution in [2.24, 2.45) is 11.5 Å². The van der Waals surface area contributed by atoms with Gasteiger partial charge in [-0.1, -0.05) is 24.3 Å². The number of benzene rings is 1. The van der Waals surface area contributed by atoms with E-state index < -0.39 is 0 Å². The van der Waals surface area contributed by atoms with Gasteiger partial charge in [-0.2, -0.15) is 0 Å². The van der Waals surface area contributed by atoms with Crippen molar-refractivity contribution in [3.05, 3.63) is 35.4 Å². The van der Waals surface area contributed by atoms with E-state index in [0.29, 0.717) is 0 Å². The van der Waals surface area contributed by atoms with Crippen molar-refractivity contribution in [1.82, 2.24) is 0 Å². The highest BCUT2D eigenvalue weighted by Crippen LogP contribution is 2.19. The van der Waals surface area contributed by atoms with E-state index in [2.05, 4.69) is 24.3 Å². The topological polar surface area (TPSA) is 52.0 Å². The van der Waals surface area contributed by atoms with Crippen LogP contribution in [0.3, 0.4) is 0 Å². The Labute approximate surface area is 72.6 Å². The van der Waals surface area contributed by atoms with E-state index in [0.717, 1.165) is 12.8 Å². The molecule has 1 aromatic carbocycles. The van der Waals surface area contributed by atoms with E-state index in [9.17, 15) is 0 Å². The molecule has 2 nitrogen and oxygen atoms in total. The Kier molecular flexibility index (Phi) is 1.87. The van der Waals surface area contributed by atoms with Crippen LogP contribution in [0.1, 0.15) is 11.1 Å². The number of hydrogen-bond donors (Lipinski definition) is 2. The average molecular weight is 162 g/mol. The first-order chi connectivity index (χ1) is 5.77. The van der Waals surface area contributed by atoms with Crippen molar-refractivity contribution in [1.29, 1.82) is 0 Å². The molecule has 0 heterocycles. The zero-order valence-corrected chi connectivity index (χ0v) is 7.03. The molecule has 2 unspecified atom stereocenters. The Morgan fingerprint density at radius 2 is 1.33 bits per heavy atom. The Morgan fingerprint density at radius 1 is 0.917 bits per heavy atom. The molecular formula is C10H14N2. The number of rotatable bonds is 0. The summed E-state index contributed by atoms with van der Waals surface area (Å²) in [7, 11) is 0. The smallest absolute Gasteiger partial charge is 0.0236 e. The first kappa shape index (κ1) is 7.77. The van der Waals surface area contributed by atoms with Gasteiger partial charge in [-0.25, -0.2) is 0 Å². The molecule has 64 valence electrons. The normalized spacial score (nSPS) is 28.2. The van der Waals surface area contributed by atoms with Gasteiger partial charge < -0.3 is 11.5 Å². The maximum absolute atomic E-state index is 5.87. The van der Waals surface area contributed by atoms with Crippen LogP contribution < -0.4 is 11.5 Å². The van der Waals surface area contributed by atoms with Crippen LogP contribution in [0.15, 0.2) is 24.3 Å². The fourth-order valence-electron chi connectivity index (χ4n) is 1.77. The zero-order valence-electron chi connectivity index (χ0n) is 7.03. The van der Waals surface area contributed by atoms with E-state index in [1.807, 2.05) is 0 Å². The molecule has 0 spiro atoms. The lowest BCUT2D eigenvalue weighted by Crippen LogP contribution is -2.47. The summed E-state index contributed by atoms with van der Waals surface area (Å²) >= 11 is 0. The highest BCUT2D eigenvalue weighted by atomic mass is 14.8. The van der Waals surface area contributed by atoms with Gasteiger partial charge in [0, 0.05) is 12.1 Å². The zero-order chi connectivity index (χ0) is 8.55. The SMILES string of the molecule is NC1Cc2ccccc2CC1N. The van der Waals surface area contributed by atoms with Crippen LogP contribution in [0, 0.1) is 0 Å². The van der Waals surface area contributed by atoms with E-state index in [1.165, 1.54) is 11.1 Å². The predicted molar refractivity (Wildman–Crippen MR) is 49.8 cm³/mol. The summed E-state index contributed by atoms with van der Waals surface area (Å²) in [6.45, 7) is 0. The van der Waals surface area contributed by atoms with Crippen LogP contribution in [0.2, 0.25) is 0 Å². The molecule has 1 aliphatic carbocycles. The molecule has 0 amide bonds. The van der Waals surface area contributed by atoms with Crippen molar-refractivity contribution in [2.75, 3.05) is 0 Å². The van der Waals surface area contributed by atoms with Crippen LogP contribution in [0.4, 0.5) is 0 Å². The highest BCUT2D eigenvalue weighted by Gasteiger charge is 2.21. The van der Waals surface area contributed by atoms with Crippen LogP contribution >= 0.6 is 0 Å². The standard InChI is InChI=1S/C10H14N2/c11-9-5-7-3-1-2-4-8(7)6-10(9)12/h1-4,9-10H,5-6,11-12H2. The number of hydrogen-bond acceptors (Lipinski definition) is 2. The van der Waals surface area contributed by atoms with Crippen LogP contribution in [-0.2, 0) is 12.8 Å². The molecule has 2 heteroatoms. The Bertz CT molecular complexity index is 254. The van der Waals surface area contributed by atoms with Gasteiger partial charge >= 0.3 is 0 Å². The maximum Gasteiger partial charge on any atom is 0.0236 e. The fourth-order valence-corrected chi connectivity index (χ4v) is 1.77. The maximum atomic E-state index is 5.87. The van der Waals surface area contributed by atoms with Crippen molar-refractivity contribution in [2.45, 2.75) is 24.9 Å². The summed E-state index contributed by atoms with van der Waals surface area (Å²) in [5.74, 6) is 0. The third-order valence-corrected chi connectivity index (χ3v) is 2.58. The van der Waals surface area contributed by atoms with Crippen molar-refractivity contribution in [3.63, 3.8) is 0 Å². The third-order valence-electron chi connectivity index (χ3n) is 2.58. The molecule has 12 heavy (non-hydrogen) atoms. The van der Waals surface area contributed by atoms with Crippen LogP contribution in [-0.4, -0.2) is 12.1 Å². The number of nitrogens with two attached hydrogens (primary N) is 2. The number of fused-ring (bicyclic) bond motifs is 1. The minimum absolute atomic E-state index is 0.139. The van der Waals surface area contributed by atoms with Gasteiger partial charge in [0.15, 0.2) is 0 Å². The van der Waals surface area contributed by atoms with Crippen LogP contribution in [0.25, 0.3) is 0 Å². The quantitative estimate of drug-likeness (QED) is 0.581. The fraction of sp³-hybridized carbons (Fsp3) is 0.400. The molecule has 2 rings (SSSR count). The summed E-state index contributed by atoms with van der Waals surface area (Å²) in [5, 5.41) is 0. The predicted octanol–water partition coefficient (Wildman–Crippen LogP) is 0.440. The molecule has 2 atom stereocenters. The second-order valence-corrected chi connectivity index (χ2v) is 3.50. The summed E-state index contributed by atoms with van der Waals surface area (Å²) in [5.41, 5.74) is 14.5. The lowest BCUT2D eigenvalue weighted by Gasteiger charge is -2.27. The largest absolute Gasteiger partial charge is 0.326 e. The summed E-state index contributed by atoms with van der Waals surface area (Å²) < 4.78 is 0. The van der Waals surface area contributed by atoms with Gasteiger partial charge in [-0.3, -0.25) is 0 Å². The van der Waals surface area contributed by atoms with Gasteiger partial charge in [-0.15, -0.1) is 0 Å².